The Bertz CT molecular complexity index is 623. The molecule has 0 bridgehead atoms. The summed E-state index contributed by atoms with van der Waals surface area (Å²) in [5.74, 6) is 1.17. The topological polar surface area (TPSA) is 54.0 Å². The predicted octanol–water partition coefficient (Wildman–Crippen LogP) is 1.03. The average Bonchev–Trinajstić information content (AvgIpc) is 3.33. The van der Waals surface area contributed by atoms with Crippen LogP contribution in [0.15, 0.2) is 18.2 Å². The molecule has 0 aliphatic carbocycles. The average molecular weight is 359 g/mol. The molecule has 0 saturated carbocycles. The summed E-state index contributed by atoms with van der Waals surface area (Å²) in [6.45, 7) is 7.68. The maximum atomic E-state index is 12.1. The number of rotatable bonds is 6. The van der Waals surface area contributed by atoms with E-state index < -0.39 is 0 Å². The summed E-state index contributed by atoms with van der Waals surface area (Å²) in [4.78, 5) is 16.8. The number of nitrogens with zero attached hydrogens (tertiary/aromatic N) is 2. The molecule has 4 rings (SSSR count). The molecule has 0 aromatic heterocycles. The van der Waals surface area contributed by atoms with Crippen molar-refractivity contribution in [3.05, 3.63) is 29.3 Å². The van der Waals surface area contributed by atoms with E-state index >= 15 is 0 Å². The largest absolute Gasteiger partial charge is 0.493 e. The highest BCUT2D eigenvalue weighted by atomic mass is 16.5. The Morgan fingerprint density at radius 2 is 2.00 bits per heavy atom. The van der Waals surface area contributed by atoms with Gasteiger partial charge in [0.25, 0.3) is 0 Å². The van der Waals surface area contributed by atoms with Gasteiger partial charge < -0.3 is 14.8 Å². The highest BCUT2D eigenvalue weighted by Crippen LogP contribution is 2.26. The minimum absolute atomic E-state index is 0.118. The maximum absolute atomic E-state index is 12.1. The minimum atomic E-state index is 0.118. The van der Waals surface area contributed by atoms with E-state index in [4.69, 9.17) is 9.47 Å². The number of hydrogen-bond acceptors (Lipinski definition) is 5. The molecule has 2 fully saturated rings. The molecule has 1 amide bonds. The Kier molecular flexibility index (Phi) is 5.72. The van der Waals surface area contributed by atoms with Crippen LogP contribution in [0.25, 0.3) is 0 Å². The third-order valence-corrected chi connectivity index (χ3v) is 5.54. The lowest BCUT2D eigenvalue weighted by molar-refractivity contribution is -0.123. The molecule has 6 heteroatoms. The van der Waals surface area contributed by atoms with Crippen molar-refractivity contribution in [3.8, 4) is 5.75 Å². The second-order valence-electron chi connectivity index (χ2n) is 7.53. The van der Waals surface area contributed by atoms with Crippen LogP contribution < -0.4 is 10.1 Å². The van der Waals surface area contributed by atoms with Gasteiger partial charge in [0.1, 0.15) is 5.75 Å². The van der Waals surface area contributed by atoms with E-state index in [1.807, 2.05) is 0 Å². The van der Waals surface area contributed by atoms with Crippen LogP contribution >= 0.6 is 0 Å². The lowest BCUT2D eigenvalue weighted by atomic mass is 10.1. The molecule has 0 spiro atoms. The zero-order valence-corrected chi connectivity index (χ0v) is 15.4. The number of carbonyl (C=O) groups excluding carboxylic acids is 1. The third kappa shape index (κ3) is 4.55. The molecular formula is C20H29N3O3. The summed E-state index contributed by atoms with van der Waals surface area (Å²) in [5, 5.41) is 3.02. The Balaban J connectivity index is 1.17. The summed E-state index contributed by atoms with van der Waals surface area (Å²) in [7, 11) is 0. The molecule has 0 radical (unpaired) electrons. The van der Waals surface area contributed by atoms with Crippen molar-refractivity contribution < 1.29 is 14.3 Å². The highest BCUT2D eigenvalue weighted by molar-refractivity contribution is 5.78. The van der Waals surface area contributed by atoms with Crippen LogP contribution in [0.2, 0.25) is 0 Å². The van der Waals surface area contributed by atoms with Gasteiger partial charge in [-0.25, -0.2) is 0 Å². The summed E-state index contributed by atoms with van der Waals surface area (Å²) in [6, 6.07) is 6.56. The monoisotopic (exact) mass is 359 g/mol. The van der Waals surface area contributed by atoms with Gasteiger partial charge in [-0.15, -0.1) is 0 Å². The molecule has 3 aliphatic rings. The molecule has 3 aliphatic heterocycles. The van der Waals surface area contributed by atoms with Crippen LogP contribution in [0.5, 0.6) is 5.75 Å². The van der Waals surface area contributed by atoms with E-state index in [1.165, 1.54) is 11.1 Å². The molecule has 142 valence electrons. The van der Waals surface area contributed by atoms with Gasteiger partial charge in [0.05, 0.1) is 19.3 Å². The molecular weight excluding hydrogens is 330 g/mol. The first kappa shape index (κ1) is 17.8. The number of fused-ring (bicyclic) bond motifs is 1. The number of nitrogens with one attached hydrogen (secondary N) is 1. The van der Waals surface area contributed by atoms with Crippen LogP contribution in [-0.4, -0.2) is 74.3 Å². The molecule has 1 unspecified atom stereocenters. The molecule has 1 atom stereocenters. The van der Waals surface area contributed by atoms with Gasteiger partial charge in [0.15, 0.2) is 0 Å². The third-order valence-electron chi connectivity index (χ3n) is 5.54. The van der Waals surface area contributed by atoms with E-state index in [0.717, 1.165) is 70.9 Å². The van der Waals surface area contributed by atoms with Gasteiger partial charge in [-0.3, -0.25) is 14.6 Å². The van der Waals surface area contributed by atoms with Crippen LogP contribution in [0.3, 0.4) is 0 Å². The van der Waals surface area contributed by atoms with Crippen molar-refractivity contribution in [1.82, 2.24) is 15.1 Å². The van der Waals surface area contributed by atoms with Crippen LogP contribution in [0.4, 0.5) is 0 Å². The summed E-state index contributed by atoms with van der Waals surface area (Å²) >= 11 is 0. The smallest absolute Gasteiger partial charge is 0.234 e. The van der Waals surface area contributed by atoms with Crippen LogP contribution in [0.1, 0.15) is 24.0 Å². The first-order valence-corrected chi connectivity index (χ1v) is 9.84. The summed E-state index contributed by atoms with van der Waals surface area (Å²) < 4.78 is 11.1. The van der Waals surface area contributed by atoms with Gasteiger partial charge in [-0.1, -0.05) is 12.1 Å². The summed E-state index contributed by atoms with van der Waals surface area (Å²) in [5.41, 5.74) is 2.70. The molecule has 3 heterocycles. The fourth-order valence-corrected chi connectivity index (χ4v) is 3.99. The van der Waals surface area contributed by atoms with Gasteiger partial charge in [-0.2, -0.15) is 0 Å². The van der Waals surface area contributed by atoms with E-state index in [1.54, 1.807) is 0 Å². The number of hydrogen-bond donors (Lipinski definition) is 1. The van der Waals surface area contributed by atoms with Crippen molar-refractivity contribution in [2.24, 2.45) is 0 Å². The van der Waals surface area contributed by atoms with Gasteiger partial charge in [0.2, 0.25) is 5.91 Å². The van der Waals surface area contributed by atoms with Crippen molar-refractivity contribution in [2.45, 2.75) is 31.9 Å². The van der Waals surface area contributed by atoms with Crippen molar-refractivity contribution in [1.29, 1.82) is 0 Å². The predicted molar refractivity (Wildman–Crippen MR) is 99.3 cm³/mol. The normalized spacial score (nSPS) is 23.6. The minimum Gasteiger partial charge on any atom is -0.493 e. The van der Waals surface area contributed by atoms with Crippen molar-refractivity contribution in [3.63, 3.8) is 0 Å². The van der Waals surface area contributed by atoms with Gasteiger partial charge in [0, 0.05) is 52.3 Å². The number of ether oxygens (including phenoxy) is 2. The number of amides is 1. The van der Waals surface area contributed by atoms with Crippen LogP contribution in [-0.2, 0) is 22.5 Å². The van der Waals surface area contributed by atoms with Crippen molar-refractivity contribution in [2.75, 3.05) is 52.5 Å². The van der Waals surface area contributed by atoms with Gasteiger partial charge >= 0.3 is 0 Å². The molecule has 1 aromatic carbocycles. The SMILES string of the molecule is O=C(CN1CCN(Cc2ccc3c(c2)CCO3)CC1)NCC1CCCO1. The van der Waals surface area contributed by atoms with Crippen LogP contribution in [0, 0.1) is 0 Å². The first-order valence-electron chi connectivity index (χ1n) is 9.84. The van der Waals surface area contributed by atoms with E-state index in [-0.39, 0.29) is 12.0 Å². The molecule has 2 saturated heterocycles. The van der Waals surface area contributed by atoms with E-state index in [9.17, 15) is 4.79 Å². The Hall–Kier alpha value is -1.63. The first-order chi connectivity index (χ1) is 12.8. The van der Waals surface area contributed by atoms with Crippen molar-refractivity contribution >= 4 is 5.91 Å². The number of benzene rings is 1. The Labute approximate surface area is 155 Å². The lowest BCUT2D eigenvalue weighted by Gasteiger charge is -2.34. The Morgan fingerprint density at radius 3 is 2.81 bits per heavy atom. The quantitative estimate of drug-likeness (QED) is 0.822. The standard InChI is InChI=1S/C20H29N3O3/c24-20(21-13-18-2-1-10-25-18)15-23-8-6-22(7-9-23)14-16-3-4-19-17(12-16)5-11-26-19/h3-4,12,18H,1-2,5-11,13-15H2,(H,21,24). The molecule has 6 nitrogen and oxygen atoms in total. The molecule has 1 aromatic rings. The van der Waals surface area contributed by atoms with E-state index in [0.29, 0.717) is 13.1 Å². The van der Waals surface area contributed by atoms with Gasteiger partial charge in [-0.05, 0) is 30.0 Å². The second-order valence-corrected chi connectivity index (χ2v) is 7.53. The fourth-order valence-electron chi connectivity index (χ4n) is 3.99. The Morgan fingerprint density at radius 1 is 1.15 bits per heavy atom. The zero-order valence-electron chi connectivity index (χ0n) is 15.4. The lowest BCUT2D eigenvalue weighted by Crippen LogP contribution is -2.49. The maximum Gasteiger partial charge on any atom is 0.234 e. The molecule has 26 heavy (non-hydrogen) atoms. The fraction of sp³-hybridized carbons (Fsp3) is 0.650. The zero-order chi connectivity index (χ0) is 17.8. The molecule has 1 N–H and O–H groups in total. The number of carbonyl (C=O) groups is 1. The highest BCUT2D eigenvalue weighted by Gasteiger charge is 2.21. The summed E-state index contributed by atoms with van der Waals surface area (Å²) in [6.07, 6.45) is 3.42. The second kappa shape index (κ2) is 8.37. The van der Waals surface area contributed by atoms with E-state index in [2.05, 4.69) is 33.3 Å². The number of piperazine rings is 1.